The summed E-state index contributed by atoms with van der Waals surface area (Å²) < 4.78 is 83.4. The lowest BCUT2D eigenvalue weighted by Crippen LogP contribution is -2.61. The smallest absolute Gasteiger partial charge is 0.351 e. The Morgan fingerprint density at radius 3 is 2.51 bits per heavy atom. The van der Waals surface area contributed by atoms with E-state index in [2.05, 4.69) is 24.9 Å². The summed E-state index contributed by atoms with van der Waals surface area (Å²) in [5.41, 5.74) is -1.40. The lowest BCUT2D eigenvalue weighted by Gasteiger charge is -2.46. The molecule has 6 rings (SSSR count). The first-order chi connectivity index (χ1) is 17.0. The molecule has 0 amide bonds. The number of fused-ring (bicyclic) bond motifs is 3. The van der Waals surface area contributed by atoms with E-state index in [1.165, 1.54) is 19.1 Å². The van der Waals surface area contributed by atoms with Crippen LogP contribution in [0.3, 0.4) is 0 Å². The van der Waals surface area contributed by atoms with E-state index in [4.69, 9.17) is 0 Å². The number of anilines is 2. The zero-order chi connectivity index (χ0) is 25.7. The molecule has 2 bridgehead atoms. The van der Waals surface area contributed by atoms with Gasteiger partial charge in [-0.25, -0.2) is 14.4 Å². The predicted molar refractivity (Wildman–Crippen MR) is 134 cm³/mol. The van der Waals surface area contributed by atoms with Gasteiger partial charge in [0.1, 0.15) is 17.5 Å². The molecule has 3 aliphatic heterocycles. The van der Waals surface area contributed by atoms with Gasteiger partial charge in [0.2, 0.25) is 0 Å². The van der Waals surface area contributed by atoms with Gasteiger partial charge in [-0.15, -0.1) is 12.4 Å². The van der Waals surface area contributed by atoms with Crippen molar-refractivity contribution in [1.29, 1.82) is 0 Å². The van der Waals surface area contributed by atoms with Crippen LogP contribution < -0.4 is 14.9 Å². The van der Waals surface area contributed by atoms with Crippen molar-refractivity contribution in [3.05, 3.63) is 65.5 Å². The van der Waals surface area contributed by atoms with Crippen molar-refractivity contribution in [2.75, 3.05) is 22.7 Å². The van der Waals surface area contributed by atoms with Gasteiger partial charge >= 0.3 is 6.18 Å². The number of aromatic nitrogens is 2. The molecular formula is C24H24ClF4N5O2S. The molecule has 3 saturated heterocycles. The Balaban J connectivity index is 0.00000320. The highest BCUT2D eigenvalue weighted by Gasteiger charge is 2.36. The first-order valence-corrected chi connectivity index (χ1v) is 12.8. The van der Waals surface area contributed by atoms with Crippen molar-refractivity contribution >= 4 is 34.1 Å². The third kappa shape index (κ3) is 5.51. The molecule has 0 unspecified atom stereocenters. The van der Waals surface area contributed by atoms with Gasteiger partial charge in [0.05, 0.1) is 11.3 Å². The minimum Gasteiger partial charge on any atom is -0.351 e. The van der Waals surface area contributed by atoms with Gasteiger partial charge in [-0.3, -0.25) is 4.72 Å². The number of rotatable bonds is 5. The number of nitrogens with one attached hydrogen (secondary N) is 2. The van der Waals surface area contributed by atoms with Crippen LogP contribution in [0, 0.1) is 12.7 Å². The Morgan fingerprint density at radius 1 is 1.08 bits per heavy atom. The van der Waals surface area contributed by atoms with Gasteiger partial charge < -0.3 is 10.2 Å². The summed E-state index contributed by atoms with van der Waals surface area (Å²) in [5.74, 6) is -0.556. The fourth-order valence-corrected chi connectivity index (χ4v) is 5.66. The van der Waals surface area contributed by atoms with Gasteiger partial charge in [-0.2, -0.15) is 21.6 Å². The maximum Gasteiger partial charge on any atom is 0.418 e. The average Bonchev–Trinajstić information content (AvgIpc) is 2.85. The molecule has 7 nitrogen and oxygen atoms in total. The summed E-state index contributed by atoms with van der Waals surface area (Å²) in [4.78, 5) is 10.4. The van der Waals surface area contributed by atoms with E-state index in [0.717, 1.165) is 43.7 Å². The van der Waals surface area contributed by atoms with Gasteiger partial charge in [0.25, 0.3) is 10.0 Å². The van der Waals surface area contributed by atoms with Crippen LogP contribution in [-0.2, 0) is 16.2 Å². The molecule has 2 N–H and O–H groups in total. The van der Waals surface area contributed by atoms with Crippen LogP contribution in [0.1, 0.15) is 24.0 Å². The van der Waals surface area contributed by atoms with Gasteiger partial charge in [-0.1, -0.05) is 12.1 Å². The number of piperidine rings is 2. The summed E-state index contributed by atoms with van der Waals surface area (Å²) in [6.45, 7) is 3.02. The Labute approximate surface area is 217 Å². The SMILES string of the molecule is Cc1ccc(F)cc1-c1nc(NS(=O)(=O)c2cccc(N3C[C@H]4CC[C@H]3CN4)n2)ccc1C(F)(F)F.Cl. The molecule has 3 fully saturated rings. The zero-order valence-electron chi connectivity index (χ0n) is 19.6. The van der Waals surface area contributed by atoms with Crippen LogP contribution in [0.25, 0.3) is 11.3 Å². The van der Waals surface area contributed by atoms with Crippen LogP contribution >= 0.6 is 12.4 Å². The van der Waals surface area contributed by atoms with Gasteiger partial charge in [0, 0.05) is 30.7 Å². The quantitative estimate of drug-likeness (QED) is 0.439. The van der Waals surface area contributed by atoms with Crippen LogP contribution in [0.2, 0.25) is 0 Å². The molecule has 37 heavy (non-hydrogen) atoms. The highest BCUT2D eigenvalue weighted by Crippen LogP contribution is 2.38. The maximum atomic E-state index is 13.9. The molecule has 0 saturated carbocycles. The van der Waals surface area contributed by atoms with E-state index in [1.807, 2.05) is 0 Å². The van der Waals surface area contributed by atoms with Gasteiger partial charge in [-0.05, 0) is 61.7 Å². The molecule has 5 heterocycles. The molecule has 1 aromatic carbocycles. The number of aryl methyl sites for hydroxylation is 1. The molecule has 0 aliphatic carbocycles. The van der Waals surface area contributed by atoms with Crippen molar-refractivity contribution < 1.29 is 26.0 Å². The van der Waals surface area contributed by atoms with Crippen molar-refractivity contribution in [1.82, 2.24) is 15.3 Å². The van der Waals surface area contributed by atoms with E-state index in [1.54, 1.807) is 12.1 Å². The summed E-state index contributed by atoms with van der Waals surface area (Å²) in [7, 11) is -4.27. The molecule has 0 spiro atoms. The lowest BCUT2D eigenvalue weighted by atomic mass is 9.93. The van der Waals surface area contributed by atoms with E-state index in [-0.39, 0.29) is 34.9 Å². The predicted octanol–water partition coefficient (Wildman–Crippen LogP) is 4.77. The van der Waals surface area contributed by atoms with Crippen LogP contribution in [0.15, 0.2) is 53.6 Å². The summed E-state index contributed by atoms with van der Waals surface area (Å²) in [6.07, 6.45) is -2.75. The number of piperazine rings is 1. The molecule has 2 atom stereocenters. The largest absolute Gasteiger partial charge is 0.418 e. The number of benzene rings is 1. The number of sulfonamides is 1. The monoisotopic (exact) mass is 557 g/mol. The first kappa shape index (κ1) is 27.1. The van der Waals surface area contributed by atoms with Crippen molar-refractivity contribution in [3.63, 3.8) is 0 Å². The zero-order valence-corrected chi connectivity index (χ0v) is 21.2. The standard InChI is InChI=1S/C24H23F4N5O2S.ClH/c1-14-5-6-15(25)11-18(14)23-19(24(26,27)28)9-10-20(30-23)32-36(34,35)22-4-2-3-21(31-22)33-13-16-7-8-17(33)12-29-16;/h2-6,9-11,16-17,29H,7-8,12-13H2,1H3,(H,30,32);1H/t16-,17+;/m1./s1. The molecule has 198 valence electrons. The highest BCUT2D eigenvalue weighted by molar-refractivity contribution is 7.92. The Bertz CT molecular complexity index is 1410. The molecule has 0 radical (unpaired) electrons. The van der Waals surface area contributed by atoms with Crippen LogP contribution in [0.5, 0.6) is 0 Å². The number of hydrogen-bond donors (Lipinski definition) is 2. The van der Waals surface area contributed by atoms with Crippen LogP contribution in [0.4, 0.5) is 29.2 Å². The van der Waals surface area contributed by atoms with Crippen LogP contribution in [-0.4, -0.2) is 43.6 Å². The molecule has 3 aromatic rings. The molecular weight excluding hydrogens is 534 g/mol. The van der Waals surface area contributed by atoms with Crippen molar-refractivity contribution in [2.24, 2.45) is 0 Å². The minimum atomic E-state index is -4.78. The average molecular weight is 558 g/mol. The fourth-order valence-electron chi connectivity index (χ4n) is 4.69. The third-order valence-corrected chi connectivity index (χ3v) is 7.78. The second kappa shape index (κ2) is 10.1. The highest BCUT2D eigenvalue weighted by atomic mass is 35.5. The third-order valence-electron chi connectivity index (χ3n) is 6.52. The normalized spacial score (nSPS) is 19.4. The number of nitrogens with zero attached hydrogens (tertiary/aromatic N) is 3. The molecule has 3 aliphatic rings. The Hall–Kier alpha value is -2.96. The minimum absolute atomic E-state index is 0. The summed E-state index contributed by atoms with van der Waals surface area (Å²) >= 11 is 0. The van der Waals surface area contributed by atoms with Crippen molar-refractivity contribution in [3.8, 4) is 11.3 Å². The van der Waals surface area contributed by atoms with E-state index in [9.17, 15) is 26.0 Å². The number of hydrogen-bond acceptors (Lipinski definition) is 6. The number of alkyl halides is 3. The molecule has 2 aromatic heterocycles. The maximum absolute atomic E-state index is 13.9. The van der Waals surface area contributed by atoms with E-state index < -0.39 is 33.3 Å². The van der Waals surface area contributed by atoms with Crippen molar-refractivity contribution in [2.45, 2.75) is 43.1 Å². The fraction of sp³-hybridized carbons (Fsp3) is 0.333. The second-order valence-corrected chi connectivity index (χ2v) is 10.6. The number of pyridine rings is 2. The van der Waals surface area contributed by atoms with E-state index >= 15 is 0 Å². The Kier molecular flexibility index (Phi) is 7.37. The lowest BCUT2D eigenvalue weighted by molar-refractivity contribution is -0.137. The Morgan fingerprint density at radius 2 is 1.86 bits per heavy atom. The summed E-state index contributed by atoms with van der Waals surface area (Å²) in [6, 6.07) is 10.2. The summed E-state index contributed by atoms with van der Waals surface area (Å²) in [5, 5.41) is 3.15. The van der Waals surface area contributed by atoms with E-state index in [0.29, 0.717) is 24.0 Å². The molecule has 13 heteroatoms. The van der Waals surface area contributed by atoms with Gasteiger partial charge in [0.15, 0.2) is 5.03 Å². The number of halogens is 5. The topological polar surface area (TPSA) is 87.2 Å². The first-order valence-electron chi connectivity index (χ1n) is 11.4. The second-order valence-electron chi connectivity index (χ2n) is 8.98.